The molecule has 0 saturated carbocycles. The van der Waals surface area contributed by atoms with E-state index in [0.717, 1.165) is 53.9 Å². The summed E-state index contributed by atoms with van der Waals surface area (Å²) in [6.45, 7) is 3.29. The van der Waals surface area contributed by atoms with Crippen LogP contribution in [0.5, 0.6) is 0 Å². The van der Waals surface area contributed by atoms with Crippen LogP contribution >= 0.6 is 22.9 Å². The van der Waals surface area contributed by atoms with Gasteiger partial charge in [0.25, 0.3) is 0 Å². The predicted molar refractivity (Wildman–Crippen MR) is 114 cm³/mol. The van der Waals surface area contributed by atoms with Gasteiger partial charge in [-0.25, -0.2) is 4.98 Å². The summed E-state index contributed by atoms with van der Waals surface area (Å²) >= 11 is 7.72. The zero-order valence-corrected chi connectivity index (χ0v) is 16.8. The summed E-state index contributed by atoms with van der Waals surface area (Å²) in [6, 6.07) is 15.5. The van der Waals surface area contributed by atoms with E-state index in [-0.39, 0.29) is 12.3 Å². The number of ether oxygens (including phenoxy) is 1. The van der Waals surface area contributed by atoms with Crippen LogP contribution in [0.15, 0.2) is 53.9 Å². The molecule has 3 aromatic rings. The minimum atomic E-state index is -0.0878. The Bertz CT molecular complexity index is 952. The number of anilines is 2. The number of hydrogen-bond donors (Lipinski definition) is 1. The van der Waals surface area contributed by atoms with Gasteiger partial charge in [-0.05, 0) is 30.3 Å². The van der Waals surface area contributed by atoms with Gasteiger partial charge in [-0.1, -0.05) is 29.8 Å². The lowest BCUT2D eigenvalue weighted by Crippen LogP contribution is -2.36. The normalized spacial score (nSPS) is 14.1. The summed E-state index contributed by atoms with van der Waals surface area (Å²) in [5.74, 6) is -0.0878. The number of aromatic nitrogens is 1. The van der Waals surface area contributed by atoms with E-state index in [2.05, 4.69) is 15.2 Å². The van der Waals surface area contributed by atoms with Gasteiger partial charge in [-0.15, -0.1) is 11.3 Å². The van der Waals surface area contributed by atoms with Crippen LogP contribution in [-0.2, 0) is 16.0 Å². The van der Waals surface area contributed by atoms with Crippen LogP contribution in [0.25, 0.3) is 10.6 Å². The molecule has 1 aliphatic heterocycles. The smallest absolute Gasteiger partial charge is 0.230 e. The van der Waals surface area contributed by atoms with Gasteiger partial charge in [-0.2, -0.15) is 0 Å². The molecular weight excluding hydrogens is 394 g/mol. The summed E-state index contributed by atoms with van der Waals surface area (Å²) in [7, 11) is 0. The molecule has 1 amide bonds. The van der Waals surface area contributed by atoms with Crippen molar-refractivity contribution in [2.24, 2.45) is 0 Å². The Morgan fingerprint density at radius 3 is 2.64 bits per heavy atom. The largest absolute Gasteiger partial charge is 0.378 e. The number of hydrogen-bond acceptors (Lipinski definition) is 5. The monoisotopic (exact) mass is 413 g/mol. The molecule has 1 N–H and O–H groups in total. The highest BCUT2D eigenvalue weighted by atomic mass is 35.5. The van der Waals surface area contributed by atoms with Gasteiger partial charge in [0.05, 0.1) is 30.4 Å². The van der Waals surface area contributed by atoms with E-state index < -0.39 is 0 Å². The van der Waals surface area contributed by atoms with E-state index >= 15 is 0 Å². The first-order valence-corrected chi connectivity index (χ1v) is 10.4. The van der Waals surface area contributed by atoms with Crippen molar-refractivity contribution in [3.63, 3.8) is 0 Å². The molecule has 0 radical (unpaired) electrons. The van der Waals surface area contributed by atoms with Crippen molar-refractivity contribution < 1.29 is 9.53 Å². The van der Waals surface area contributed by atoms with Crippen molar-refractivity contribution in [1.29, 1.82) is 0 Å². The van der Waals surface area contributed by atoms with Crippen LogP contribution in [-0.4, -0.2) is 37.2 Å². The Kier molecular flexibility index (Phi) is 5.90. The molecule has 5 nitrogen and oxygen atoms in total. The molecule has 144 valence electrons. The predicted octanol–water partition coefficient (Wildman–Crippen LogP) is 4.48. The lowest BCUT2D eigenvalue weighted by Gasteiger charge is -2.28. The van der Waals surface area contributed by atoms with Crippen molar-refractivity contribution in [2.75, 3.05) is 36.5 Å². The van der Waals surface area contributed by atoms with Gasteiger partial charge < -0.3 is 15.0 Å². The first-order valence-electron chi connectivity index (χ1n) is 9.11. The summed E-state index contributed by atoms with van der Waals surface area (Å²) in [6.07, 6.45) is 0.228. The Labute approximate surface area is 172 Å². The van der Waals surface area contributed by atoms with E-state index in [1.54, 1.807) is 0 Å². The number of halogens is 1. The molecule has 7 heteroatoms. The highest BCUT2D eigenvalue weighted by molar-refractivity contribution is 7.13. The zero-order valence-electron chi connectivity index (χ0n) is 15.2. The second kappa shape index (κ2) is 8.73. The summed E-state index contributed by atoms with van der Waals surface area (Å²) < 4.78 is 5.38. The SMILES string of the molecule is O=C(Cc1csc(-c2ccccc2Cl)n1)Nc1ccc(N2CCOCC2)cc1. The fourth-order valence-corrected chi connectivity index (χ4v) is 4.23. The number of carbonyl (C=O) groups is 1. The number of benzene rings is 2. The van der Waals surface area contributed by atoms with Crippen LogP contribution in [0.1, 0.15) is 5.69 Å². The summed E-state index contributed by atoms with van der Waals surface area (Å²) in [5, 5.41) is 6.32. The molecule has 2 heterocycles. The molecule has 28 heavy (non-hydrogen) atoms. The van der Waals surface area contributed by atoms with Crippen molar-refractivity contribution in [3.05, 3.63) is 64.6 Å². The zero-order chi connectivity index (χ0) is 19.3. The maximum atomic E-state index is 12.4. The molecule has 2 aromatic carbocycles. The molecule has 0 aliphatic carbocycles. The number of nitrogens with zero attached hydrogens (tertiary/aromatic N) is 2. The second-order valence-corrected chi connectivity index (χ2v) is 7.76. The third-order valence-corrected chi connectivity index (χ3v) is 5.78. The third-order valence-electron chi connectivity index (χ3n) is 4.52. The van der Waals surface area contributed by atoms with Gasteiger partial charge >= 0.3 is 0 Å². The quantitative estimate of drug-likeness (QED) is 0.670. The van der Waals surface area contributed by atoms with Crippen molar-refractivity contribution in [2.45, 2.75) is 6.42 Å². The third kappa shape index (κ3) is 4.52. The van der Waals surface area contributed by atoms with Crippen LogP contribution in [0.3, 0.4) is 0 Å². The molecule has 0 unspecified atom stereocenters. The number of thiazole rings is 1. The topological polar surface area (TPSA) is 54.5 Å². The van der Waals surface area contributed by atoms with Gasteiger partial charge in [0.1, 0.15) is 5.01 Å². The molecule has 0 atom stereocenters. The van der Waals surface area contributed by atoms with Gasteiger partial charge in [0.15, 0.2) is 0 Å². The Morgan fingerprint density at radius 1 is 1.14 bits per heavy atom. The van der Waals surface area contributed by atoms with E-state index in [1.807, 2.05) is 53.9 Å². The number of nitrogens with one attached hydrogen (secondary N) is 1. The van der Waals surface area contributed by atoms with Crippen LogP contribution in [0.4, 0.5) is 11.4 Å². The molecule has 0 spiro atoms. The highest BCUT2D eigenvalue weighted by Crippen LogP contribution is 2.30. The fourth-order valence-electron chi connectivity index (χ4n) is 3.09. The van der Waals surface area contributed by atoms with E-state index in [1.165, 1.54) is 11.3 Å². The van der Waals surface area contributed by atoms with Crippen LogP contribution < -0.4 is 10.2 Å². The van der Waals surface area contributed by atoms with E-state index in [0.29, 0.717) is 5.02 Å². The minimum Gasteiger partial charge on any atom is -0.378 e. The molecule has 1 saturated heterocycles. The lowest BCUT2D eigenvalue weighted by molar-refractivity contribution is -0.115. The standard InChI is InChI=1S/C21H20ClN3O2S/c22-19-4-2-1-3-18(19)21-24-16(14-28-21)13-20(26)23-15-5-7-17(8-6-15)25-9-11-27-12-10-25/h1-8,14H,9-13H2,(H,23,26). The van der Waals surface area contributed by atoms with Gasteiger partial charge in [0.2, 0.25) is 5.91 Å². The Hall–Kier alpha value is -2.41. The molecule has 1 aromatic heterocycles. The Morgan fingerprint density at radius 2 is 1.89 bits per heavy atom. The second-order valence-electron chi connectivity index (χ2n) is 6.50. The Balaban J connectivity index is 1.36. The van der Waals surface area contributed by atoms with Gasteiger partial charge in [0, 0.05) is 35.4 Å². The highest BCUT2D eigenvalue weighted by Gasteiger charge is 2.13. The first kappa shape index (κ1) is 18.9. The summed E-state index contributed by atoms with van der Waals surface area (Å²) in [4.78, 5) is 19.2. The fraction of sp³-hybridized carbons (Fsp3) is 0.238. The van der Waals surface area contributed by atoms with E-state index in [4.69, 9.17) is 16.3 Å². The molecule has 4 rings (SSSR count). The summed E-state index contributed by atoms with van der Waals surface area (Å²) in [5.41, 5.74) is 3.55. The number of morpholine rings is 1. The van der Waals surface area contributed by atoms with Crippen molar-refractivity contribution in [3.8, 4) is 10.6 Å². The number of amides is 1. The molecular formula is C21H20ClN3O2S. The molecule has 1 aliphatic rings. The first-order chi connectivity index (χ1) is 13.7. The van der Waals surface area contributed by atoms with Crippen LogP contribution in [0, 0.1) is 0 Å². The average molecular weight is 414 g/mol. The lowest BCUT2D eigenvalue weighted by atomic mass is 10.2. The average Bonchev–Trinajstić information content (AvgIpc) is 3.17. The minimum absolute atomic E-state index is 0.0878. The van der Waals surface area contributed by atoms with Crippen LogP contribution in [0.2, 0.25) is 5.02 Å². The van der Waals surface area contributed by atoms with E-state index in [9.17, 15) is 4.79 Å². The number of carbonyl (C=O) groups excluding carboxylic acids is 1. The van der Waals surface area contributed by atoms with Crippen molar-refractivity contribution >= 4 is 40.2 Å². The molecule has 1 fully saturated rings. The van der Waals surface area contributed by atoms with Gasteiger partial charge in [-0.3, -0.25) is 4.79 Å². The van der Waals surface area contributed by atoms with Crippen molar-refractivity contribution in [1.82, 2.24) is 4.98 Å². The molecule has 0 bridgehead atoms. The maximum Gasteiger partial charge on any atom is 0.230 e. The maximum absolute atomic E-state index is 12.4. The number of rotatable bonds is 5.